The number of benzene rings is 4. The maximum atomic E-state index is 8.82. The zero-order valence-electron chi connectivity index (χ0n) is 27.2. The summed E-state index contributed by atoms with van der Waals surface area (Å²) in [6, 6.07) is 45.7. The Bertz CT molecular complexity index is 1380. The highest BCUT2D eigenvalue weighted by Gasteiger charge is 2.79. The zero-order valence-corrected chi connectivity index (χ0v) is 33.7. The highest BCUT2D eigenvalue weighted by Crippen LogP contribution is 2.85. The van der Waals surface area contributed by atoms with Crippen molar-refractivity contribution in [1.29, 1.82) is 0 Å². The maximum absolute atomic E-state index is 8.82. The van der Waals surface area contributed by atoms with Gasteiger partial charge in [-0.2, -0.15) is 0 Å². The van der Waals surface area contributed by atoms with Crippen molar-refractivity contribution in [3.8, 4) is 0 Å². The van der Waals surface area contributed by atoms with Crippen LogP contribution in [0, 0.1) is 0 Å². The minimum atomic E-state index is -2.62. The van der Waals surface area contributed by atoms with Crippen molar-refractivity contribution in [3.05, 3.63) is 121 Å². The van der Waals surface area contributed by atoms with Gasteiger partial charge in [0.1, 0.15) is 0 Å². The number of halogens is 1. The van der Waals surface area contributed by atoms with Crippen molar-refractivity contribution in [2.24, 2.45) is 0 Å². The largest absolute Gasteiger partial charge is 0.0909 e. The molecule has 43 heavy (non-hydrogen) atoms. The van der Waals surface area contributed by atoms with E-state index in [1.54, 1.807) is 0 Å². The van der Waals surface area contributed by atoms with Crippen LogP contribution in [0.1, 0.15) is 12.8 Å². The van der Waals surface area contributed by atoms with Crippen LogP contribution in [-0.2, 0) is 11.8 Å². The van der Waals surface area contributed by atoms with Gasteiger partial charge in [0.25, 0.3) is 0 Å². The Kier molecular flexibility index (Phi) is 8.83. The van der Waals surface area contributed by atoms with Crippen LogP contribution >= 0.6 is 16.6 Å². The lowest BCUT2D eigenvalue weighted by Crippen LogP contribution is -2.79. The van der Waals surface area contributed by atoms with Gasteiger partial charge in [0.05, 0.1) is 32.3 Å². The Morgan fingerprint density at radius 3 is 0.814 bits per heavy atom. The van der Waals surface area contributed by atoms with Crippen LogP contribution in [0.2, 0.25) is 52.4 Å². The van der Waals surface area contributed by atoms with Crippen molar-refractivity contribution in [3.63, 3.8) is 0 Å². The van der Waals surface area contributed by atoms with Gasteiger partial charge < -0.3 is 0 Å². The Labute approximate surface area is 275 Å². The second kappa shape index (κ2) is 11.5. The van der Waals surface area contributed by atoms with Gasteiger partial charge in [-0.15, -0.1) is 0 Å². The van der Waals surface area contributed by atoms with E-state index >= 15 is 0 Å². The van der Waals surface area contributed by atoms with Crippen LogP contribution < -0.4 is 20.7 Å². The molecule has 0 saturated carbocycles. The molecule has 0 aliphatic carbocycles. The maximum Gasteiger partial charge on any atom is 0.0909 e. The number of hydrogen-bond acceptors (Lipinski definition) is 1. The number of rotatable bonds is 8. The average molecular weight is 692 g/mol. The molecule has 0 nitrogen and oxygen atoms in total. The van der Waals surface area contributed by atoms with Gasteiger partial charge in [-0.05, 0) is 12.8 Å². The zero-order chi connectivity index (χ0) is 31.4. The highest BCUT2D eigenvalue weighted by molar-refractivity contribution is 8.32. The van der Waals surface area contributed by atoms with Crippen LogP contribution in [0.15, 0.2) is 121 Å². The minimum Gasteiger partial charge on any atom is -0.0856 e. The molecule has 0 atom stereocenters. The topological polar surface area (TPSA) is 0 Å². The fraction of sp³-hybridized carbons (Fsp3) is 0.333. The lowest BCUT2D eigenvalue weighted by molar-refractivity contribution is 0.783. The van der Waals surface area contributed by atoms with E-state index in [1.807, 2.05) is 0 Å². The van der Waals surface area contributed by atoms with E-state index in [4.69, 9.17) is 23.0 Å². The molecule has 1 aliphatic rings. The smallest absolute Gasteiger partial charge is 0.0856 e. The van der Waals surface area contributed by atoms with Crippen molar-refractivity contribution >= 4 is 81.5 Å². The number of hydrogen-bond donors (Lipinski definition) is 0. The molecule has 0 radical (unpaired) electrons. The first-order valence-corrected chi connectivity index (χ1v) is 31.4. The Balaban J connectivity index is 1.93. The standard InChI is InChI=1S/C36H48ClPSSi4/c1-40(2,31-21-13-9-14-22-31)35(41(3,4)32-23-15-10-16-24-32)29-30-36(38(35,37)39,42(5,6)33-25-17-11-18-26-33)43(7,8)34-27-19-12-20-28-34/h9-28H,29-30H2,1-8H3. The van der Waals surface area contributed by atoms with E-state index < -0.39 is 37.7 Å². The summed E-state index contributed by atoms with van der Waals surface area (Å²) >= 11 is 16.3. The average Bonchev–Trinajstić information content (AvgIpc) is 3.29. The van der Waals surface area contributed by atoms with E-state index in [0.717, 1.165) is 12.8 Å². The second-order valence-corrected chi connectivity index (χ2v) is 42.5. The first kappa shape index (κ1) is 33.1. The fourth-order valence-electron chi connectivity index (χ4n) is 9.60. The molecular weight excluding hydrogens is 643 g/mol. The van der Waals surface area contributed by atoms with Gasteiger partial charge in [0.2, 0.25) is 0 Å². The Morgan fingerprint density at radius 1 is 0.442 bits per heavy atom. The van der Waals surface area contributed by atoms with E-state index in [1.165, 1.54) is 20.7 Å². The molecule has 0 spiro atoms. The van der Waals surface area contributed by atoms with Gasteiger partial charge >= 0.3 is 0 Å². The van der Waals surface area contributed by atoms with Crippen LogP contribution in [0.3, 0.4) is 0 Å². The molecule has 1 aliphatic heterocycles. The van der Waals surface area contributed by atoms with Crippen LogP contribution in [0.25, 0.3) is 0 Å². The minimum absolute atomic E-state index is 0.0648. The highest BCUT2D eigenvalue weighted by atomic mass is 35.7. The van der Waals surface area contributed by atoms with E-state index in [0.29, 0.717) is 0 Å². The first-order chi connectivity index (χ1) is 20.1. The molecule has 1 fully saturated rings. The molecule has 0 bridgehead atoms. The van der Waals surface area contributed by atoms with Crippen LogP contribution in [0.5, 0.6) is 0 Å². The summed E-state index contributed by atoms with van der Waals surface area (Å²) in [4.78, 5) is 0. The van der Waals surface area contributed by atoms with Crippen molar-refractivity contribution in [2.75, 3.05) is 0 Å². The van der Waals surface area contributed by atoms with Crippen molar-refractivity contribution in [1.82, 2.24) is 0 Å². The van der Waals surface area contributed by atoms with Crippen molar-refractivity contribution < 1.29 is 0 Å². The third-order valence-corrected chi connectivity index (χ3v) is 56.2. The monoisotopic (exact) mass is 690 g/mol. The summed E-state index contributed by atoms with van der Waals surface area (Å²) in [6.07, 6.45) is 2.28. The van der Waals surface area contributed by atoms with Gasteiger partial charge in [0, 0.05) is 14.2 Å². The summed E-state index contributed by atoms with van der Waals surface area (Å²) in [6.45, 7) is 21.1. The SMILES string of the molecule is C[Si](C)(c1ccccc1)C1([Si](C)(C)c2ccccc2)CCC([Si](C)(C)c2ccccc2)([Si](C)(C)c2ccccc2)P1(=S)Cl. The van der Waals surface area contributed by atoms with Crippen LogP contribution in [0.4, 0.5) is 0 Å². The Hall–Kier alpha value is -1.31. The first-order valence-electron chi connectivity index (χ1n) is 15.6. The molecule has 0 amide bonds. The molecule has 4 aromatic carbocycles. The molecular formula is C36H48ClPSSi4. The van der Waals surface area contributed by atoms with Crippen molar-refractivity contribution in [2.45, 2.75) is 74.0 Å². The summed E-state index contributed by atoms with van der Waals surface area (Å²) in [5, 5.41) is 3.42. The molecule has 7 heteroatoms. The molecule has 0 aromatic heterocycles. The van der Waals surface area contributed by atoms with Gasteiger partial charge in [0.15, 0.2) is 0 Å². The Morgan fingerprint density at radius 2 is 0.628 bits per heavy atom. The summed E-state index contributed by atoms with van der Waals surface area (Å²) in [5.41, 5.74) is 0. The second-order valence-electron chi connectivity index (χ2n) is 14.7. The molecule has 1 saturated heterocycles. The molecule has 1 heterocycles. The molecule has 4 aromatic rings. The quantitative estimate of drug-likeness (QED) is 0.132. The molecule has 0 N–H and O–H groups in total. The third-order valence-electron chi connectivity index (χ3n) is 11.9. The summed E-state index contributed by atoms with van der Waals surface area (Å²) < 4.78 is -0.130. The van der Waals surface area contributed by atoms with Gasteiger partial charge in [-0.25, -0.2) is 0 Å². The van der Waals surface area contributed by atoms with Gasteiger partial charge in [-0.1, -0.05) is 217 Å². The normalized spacial score (nSPS) is 18.3. The molecule has 5 rings (SSSR count). The summed E-state index contributed by atoms with van der Waals surface area (Å²) in [7, 11) is -9.12. The van der Waals surface area contributed by atoms with E-state index in [9.17, 15) is 0 Å². The van der Waals surface area contributed by atoms with Crippen LogP contribution in [-0.4, -0.2) is 41.1 Å². The third kappa shape index (κ3) is 4.55. The van der Waals surface area contributed by atoms with E-state index in [2.05, 4.69) is 174 Å². The van der Waals surface area contributed by atoms with E-state index in [-0.39, 0.29) is 8.81 Å². The lowest BCUT2D eigenvalue weighted by atomic mass is 10.3. The fourth-order valence-corrected chi connectivity index (χ4v) is 67.9. The lowest BCUT2D eigenvalue weighted by Gasteiger charge is -2.63. The predicted octanol–water partition coefficient (Wildman–Crippen LogP) is 8.51. The molecule has 0 unspecified atom stereocenters. The predicted molar refractivity (Wildman–Crippen MR) is 209 cm³/mol. The molecule has 226 valence electrons. The summed E-state index contributed by atoms with van der Waals surface area (Å²) in [5.74, 6) is 0. The van der Waals surface area contributed by atoms with Gasteiger partial charge in [-0.3, -0.25) is 0 Å².